The third-order valence-electron chi connectivity index (χ3n) is 4.61. The van der Waals surface area contributed by atoms with E-state index in [0.29, 0.717) is 17.2 Å². The Morgan fingerprint density at radius 2 is 1.88 bits per heavy atom. The molecule has 1 amide bonds. The molecule has 0 radical (unpaired) electrons. The number of hydrogen-bond donors (Lipinski definition) is 0. The maximum atomic E-state index is 12.4. The summed E-state index contributed by atoms with van der Waals surface area (Å²) in [6, 6.07) is 6.49. The summed E-state index contributed by atoms with van der Waals surface area (Å²) >= 11 is 0. The van der Waals surface area contributed by atoms with Gasteiger partial charge < -0.3 is 4.90 Å². The fraction of sp³-hybridized carbons (Fsp3) is 0.556. The van der Waals surface area contributed by atoms with Crippen LogP contribution in [-0.4, -0.2) is 50.9 Å². The van der Waals surface area contributed by atoms with Crippen molar-refractivity contribution in [2.24, 2.45) is 5.92 Å². The fourth-order valence-electron chi connectivity index (χ4n) is 2.98. The van der Waals surface area contributed by atoms with Gasteiger partial charge >= 0.3 is 0 Å². The van der Waals surface area contributed by atoms with E-state index in [9.17, 15) is 18.0 Å². The Kier molecular flexibility index (Phi) is 6.21. The molecule has 0 N–H and O–H groups in total. The van der Waals surface area contributed by atoms with E-state index in [2.05, 4.69) is 6.92 Å². The van der Waals surface area contributed by atoms with Crippen molar-refractivity contribution >= 4 is 27.4 Å². The van der Waals surface area contributed by atoms with Gasteiger partial charge in [0.05, 0.1) is 11.9 Å². The van der Waals surface area contributed by atoms with E-state index >= 15 is 0 Å². The highest BCUT2D eigenvalue weighted by Gasteiger charge is 2.23. The highest BCUT2D eigenvalue weighted by molar-refractivity contribution is 7.92. The second-order valence-corrected chi connectivity index (χ2v) is 8.66. The van der Waals surface area contributed by atoms with Gasteiger partial charge in [-0.3, -0.25) is 13.9 Å². The van der Waals surface area contributed by atoms with Crippen LogP contribution in [0, 0.1) is 5.92 Å². The number of likely N-dealkylation sites (tertiary alicyclic amines) is 1. The Labute approximate surface area is 149 Å². The molecule has 0 aliphatic carbocycles. The minimum Gasteiger partial charge on any atom is -0.343 e. The molecule has 0 spiro atoms. The van der Waals surface area contributed by atoms with Gasteiger partial charge in [0.25, 0.3) is 0 Å². The zero-order chi connectivity index (χ0) is 18.6. The lowest BCUT2D eigenvalue weighted by molar-refractivity contribution is -0.132. The summed E-state index contributed by atoms with van der Waals surface area (Å²) < 4.78 is 25.5. The Hall–Kier alpha value is -1.89. The highest BCUT2D eigenvalue weighted by Crippen LogP contribution is 2.21. The van der Waals surface area contributed by atoms with Crippen molar-refractivity contribution in [1.82, 2.24) is 4.90 Å². The van der Waals surface area contributed by atoms with Gasteiger partial charge in [-0.2, -0.15) is 0 Å². The van der Waals surface area contributed by atoms with Gasteiger partial charge in [0, 0.05) is 31.6 Å². The summed E-state index contributed by atoms with van der Waals surface area (Å²) in [4.78, 5) is 25.7. The maximum absolute atomic E-state index is 12.4. The third kappa shape index (κ3) is 5.29. The molecule has 7 heteroatoms. The zero-order valence-electron chi connectivity index (χ0n) is 15.1. The molecule has 0 saturated carbocycles. The van der Waals surface area contributed by atoms with Crippen molar-refractivity contribution in [2.45, 2.75) is 33.1 Å². The summed E-state index contributed by atoms with van der Waals surface area (Å²) in [5, 5.41) is 0. The molecule has 2 rings (SSSR count). The Balaban J connectivity index is 2.10. The predicted octanol–water partition coefficient (Wildman–Crippen LogP) is 2.30. The molecule has 1 aromatic carbocycles. The lowest BCUT2D eigenvalue weighted by Crippen LogP contribution is -2.40. The lowest BCUT2D eigenvalue weighted by atomic mass is 9.99. The molecular formula is C18H26N2O4S. The minimum absolute atomic E-state index is 0.0247. The number of ketones is 1. The molecule has 25 heavy (non-hydrogen) atoms. The number of carbonyl (C=O) groups is 2. The molecule has 0 aromatic heterocycles. The van der Waals surface area contributed by atoms with Crippen LogP contribution in [0.2, 0.25) is 0 Å². The monoisotopic (exact) mass is 366 g/mol. The Bertz CT molecular complexity index is 737. The van der Waals surface area contributed by atoms with Gasteiger partial charge in [-0.05, 0) is 37.8 Å². The first-order valence-corrected chi connectivity index (χ1v) is 10.4. The number of nitrogens with zero attached hydrogens (tertiary/aromatic N) is 2. The number of amides is 1. The molecular weight excluding hydrogens is 340 g/mol. The average Bonchev–Trinajstić information content (AvgIpc) is 2.54. The highest BCUT2D eigenvalue weighted by atomic mass is 32.2. The summed E-state index contributed by atoms with van der Waals surface area (Å²) in [6.07, 6.45) is 3.22. The molecule has 0 unspecified atom stereocenters. The molecule has 6 nitrogen and oxygen atoms in total. The predicted molar refractivity (Wildman–Crippen MR) is 98.2 cm³/mol. The average molecular weight is 366 g/mol. The quantitative estimate of drug-likeness (QED) is 0.724. The van der Waals surface area contributed by atoms with E-state index in [-0.39, 0.29) is 24.7 Å². The molecule has 0 bridgehead atoms. The van der Waals surface area contributed by atoms with Crippen LogP contribution in [0.15, 0.2) is 24.3 Å². The summed E-state index contributed by atoms with van der Waals surface area (Å²) in [7, 11) is -3.54. The number of rotatable bonds is 6. The van der Waals surface area contributed by atoms with E-state index in [4.69, 9.17) is 0 Å². The van der Waals surface area contributed by atoms with Crippen LogP contribution < -0.4 is 4.31 Å². The van der Waals surface area contributed by atoms with Crippen LogP contribution in [0.25, 0.3) is 0 Å². The van der Waals surface area contributed by atoms with Crippen LogP contribution in [0.3, 0.4) is 0 Å². The second-order valence-electron chi connectivity index (χ2n) is 6.75. The van der Waals surface area contributed by atoms with Gasteiger partial charge in [-0.15, -0.1) is 0 Å². The van der Waals surface area contributed by atoms with E-state index < -0.39 is 10.0 Å². The molecule has 1 aromatic rings. The molecule has 1 saturated heterocycles. The van der Waals surface area contributed by atoms with Gasteiger partial charge in [0.1, 0.15) is 0 Å². The van der Waals surface area contributed by atoms with Gasteiger partial charge in [-0.1, -0.05) is 19.1 Å². The van der Waals surface area contributed by atoms with Crippen LogP contribution in [0.4, 0.5) is 5.69 Å². The second kappa shape index (κ2) is 7.99. The SMILES string of the molecule is CC(=O)c1cccc(N(CCC(=O)N2CCC(C)CC2)S(C)(=O)=O)c1. The van der Waals surface area contributed by atoms with Gasteiger partial charge in [-0.25, -0.2) is 8.42 Å². The number of anilines is 1. The maximum Gasteiger partial charge on any atom is 0.232 e. The van der Waals surface area contributed by atoms with Crippen molar-refractivity contribution in [1.29, 1.82) is 0 Å². The Morgan fingerprint density at radius 1 is 1.24 bits per heavy atom. The van der Waals surface area contributed by atoms with Crippen LogP contribution in [0.5, 0.6) is 0 Å². The van der Waals surface area contributed by atoms with E-state index in [0.717, 1.165) is 32.2 Å². The summed E-state index contributed by atoms with van der Waals surface area (Å²) in [5.41, 5.74) is 0.859. The smallest absolute Gasteiger partial charge is 0.232 e. The molecule has 1 heterocycles. The van der Waals surface area contributed by atoms with Crippen molar-refractivity contribution in [3.05, 3.63) is 29.8 Å². The first-order chi connectivity index (χ1) is 11.7. The third-order valence-corrected chi connectivity index (χ3v) is 5.80. The summed E-state index contributed by atoms with van der Waals surface area (Å²) in [5.74, 6) is 0.475. The molecule has 1 aliphatic rings. The van der Waals surface area contributed by atoms with Crippen LogP contribution in [-0.2, 0) is 14.8 Å². The lowest BCUT2D eigenvalue weighted by Gasteiger charge is -2.31. The number of sulfonamides is 1. The van der Waals surface area contributed by atoms with Crippen LogP contribution in [0.1, 0.15) is 43.5 Å². The molecule has 0 atom stereocenters. The van der Waals surface area contributed by atoms with E-state index in [1.807, 2.05) is 4.90 Å². The van der Waals surface area contributed by atoms with E-state index in [1.54, 1.807) is 24.3 Å². The van der Waals surface area contributed by atoms with Crippen molar-refractivity contribution in [3.63, 3.8) is 0 Å². The normalized spacial score (nSPS) is 15.9. The van der Waals surface area contributed by atoms with Gasteiger partial charge in [0.2, 0.25) is 15.9 Å². The van der Waals surface area contributed by atoms with Crippen molar-refractivity contribution in [2.75, 3.05) is 30.2 Å². The number of benzene rings is 1. The topological polar surface area (TPSA) is 74.8 Å². The fourth-order valence-corrected chi connectivity index (χ4v) is 3.90. The van der Waals surface area contributed by atoms with Gasteiger partial charge in [0.15, 0.2) is 5.78 Å². The number of hydrogen-bond acceptors (Lipinski definition) is 4. The Morgan fingerprint density at radius 3 is 2.44 bits per heavy atom. The standard InChI is InChI=1S/C18H26N2O4S/c1-14-7-10-19(11-8-14)18(22)9-12-20(25(3,23)24)17-6-4-5-16(13-17)15(2)21/h4-6,13-14H,7-12H2,1-3H3. The first kappa shape index (κ1) is 19.4. The first-order valence-electron chi connectivity index (χ1n) is 8.55. The zero-order valence-corrected chi connectivity index (χ0v) is 15.9. The number of carbonyl (C=O) groups excluding carboxylic acids is 2. The molecule has 138 valence electrons. The minimum atomic E-state index is -3.54. The van der Waals surface area contributed by atoms with Crippen molar-refractivity contribution < 1.29 is 18.0 Å². The van der Waals surface area contributed by atoms with Crippen molar-refractivity contribution in [3.8, 4) is 0 Å². The summed E-state index contributed by atoms with van der Waals surface area (Å²) in [6.45, 7) is 5.16. The number of Topliss-reactive ketones (excluding diaryl/α,β-unsaturated/α-hetero) is 1. The van der Waals surface area contributed by atoms with Crippen LogP contribution >= 0.6 is 0 Å². The number of piperidine rings is 1. The molecule has 1 aliphatic heterocycles. The largest absolute Gasteiger partial charge is 0.343 e. The van der Waals surface area contributed by atoms with E-state index in [1.165, 1.54) is 11.2 Å². The molecule has 1 fully saturated rings.